The van der Waals surface area contributed by atoms with Crippen molar-refractivity contribution >= 4 is 22.9 Å². The normalized spacial score (nSPS) is 18.3. The van der Waals surface area contributed by atoms with Gasteiger partial charge in [0.1, 0.15) is 5.60 Å². The fourth-order valence-electron chi connectivity index (χ4n) is 7.22. The first-order valence-electron chi connectivity index (χ1n) is 16.6. The zero-order valence-electron chi connectivity index (χ0n) is 27.5. The highest BCUT2D eigenvalue weighted by molar-refractivity contribution is 6.05. The van der Waals surface area contributed by atoms with Gasteiger partial charge in [0.05, 0.1) is 29.6 Å². The predicted octanol–water partition coefficient (Wildman–Crippen LogP) is 6.82. The van der Waals surface area contributed by atoms with Crippen LogP contribution in [0.5, 0.6) is 0 Å². The molecule has 1 saturated carbocycles. The van der Waals surface area contributed by atoms with Gasteiger partial charge in [0.15, 0.2) is 5.82 Å². The molecule has 7 rings (SSSR count). The standard InChI is InChI=1S/C36H43FN6O3/c1-6-23-16-38-12-11-27(23)28-14-25(34(44)42-20-26-17-39-40(5)30(26)21-42)15-29-31(37)32(43(33(28)29)18-22-9-10-22)24-8-7-13-41(19-24)35(45)46-36(2,3)4/h11-12,14-17,22,24H,6-10,13,18-21H2,1-5H3. The van der Waals surface area contributed by atoms with Crippen LogP contribution in [-0.4, -0.2) is 59.8 Å². The number of aryl methyl sites for hydroxylation is 2. The van der Waals surface area contributed by atoms with E-state index in [2.05, 4.69) is 21.6 Å². The molecule has 5 heterocycles. The molecule has 0 radical (unpaired) electrons. The molecule has 2 fully saturated rings. The molecule has 2 aliphatic heterocycles. The van der Waals surface area contributed by atoms with Crippen molar-refractivity contribution in [1.29, 1.82) is 0 Å². The van der Waals surface area contributed by atoms with Crippen LogP contribution < -0.4 is 0 Å². The summed E-state index contributed by atoms with van der Waals surface area (Å²) in [7, 11) is 1.89. The van der Waals surface area contributed by atoms with Gasteiger partial charge in [0.2, 0.25) is 0 Å². The SMILES string of the molecule is CCc1cnccc1-c1cc(C(=O)N2Cc3cnn(C)c3C2)cc2c(F)c(C3CCCN(C(=O)OC(C)(C)C)C3)n(CC3CC3)c12. The summed E-state index contributed by atoms with van der Waals surface area (Å²) < 4.78 is 26.9. The van der Waals surface area contributed by atoms with Gasteiger partial charge >= 0.3 is 6.09 Å². The Morgan fingerprint density at radius 2 is 1.87 bits per heavy atom. The Morgan fingerprint density at radius 1 is 1.07 bits per heavy atom. The molecule has 2 amide bonds. The summed E-state index contributed by atoms with van der Waals surface area (Å²) in [5.41, 5.74) is 6.23. The van der Waals surface area contributed by atoms with E-state index in [1.807, 2.05) is 61.9 Å². The van der Waals surface area contributed by atoms with E-state index in [0.717, 1.165) is 65.6 Å². The molecule has 1 unspecified atom stereocenters. The Hall–Kier alpha value is -4.21. The number of rotatable bonds is 6. The zero-order chi connectivity index (χ0) is 32.3. The summed E-state index contributed by atoms with van der Waals surface area (Å²) in [4.78, 5) is 35.2. The first-order chi connectivity index (χ1) is 22.0. The van der Waals surface area contributed by atoms with E-state index in [4.69, 9.17) is 4.74 Å². The van der Waals surface area contributed by atoms with E-state index >= 15 is 4.39 Å². The van der Waals surface area contributed by atoms with Crippen LogP contribution in [0.4, 0.5) is 9.18 Å². The molecule has 1 saturated heterocycles. The van der Waals surface area contributed by atoms with Crippen molar-refractivity contribution in [2.75, 3.05) is 13.1 Å². The summed E-state index contributed by atoms with van der Waals surface area (Å²) in [6, 6.07) is 5.70. The van der Waals surface area contributed by atoms with Gasteiger partial charge in [-0.3, -0.25) is 14.5 Å². The number of carbonyl (C=O) groups excluding carboxylic acids is 2. The first kappa shape index (κ1) is 30.4. The van der Waals surface area contributed by atoms with Gasteiger partial charge in [-0.1, -0.05) is 6.92 Å². The highest BCUT2D eigenvalue weighted by atomic mass is 19.1. The van der Waals surface area contributed by atoms with E-state index in [-0.39, 0.29) is 23.7 Å². The monoisotopic (exact) mass is 626 g/mol. The topological polar surface area (TPSA) is 85.5 Å². The fraction of sp³-hybridized carbons (Fsp3) is 0.500. The lowest BCUT2D eigenvalue weighted by molar-refractivity contribution is 0.0195. The van der Waals surface area contributed by atoms with Crippen molar-refractivity contribution < 1.29 is 18.7 Å². The smallest absolute Gasteiger partial charge is 0.410 e. The second kappa shape index (κ2) is 11.5. The van der Waals surface area contributed by atoms with Crippen LogP contribution in [0.2, 0.25) is 0 Å². The van der Waals surface area contributed by atoms with Crippen LogP contribution in [-0.2, 0) is 37.8 Å². The largest absolute Gasteiger partial charge is 0.444 e. The maximum absolute atomic E-state index is 17.2. The average molecular weight is 627 g/mol. The van der Waals surface area contributed by atoms with E-state index in [1.54, 1.807) is 17.2 Å². The van der Waals surface area contributed by atoms with Crippen LogP contribution in [0.25, 0.3) is 22.0 Å². The van der Waals surface area contributed by atoms with E-state index in [9.17, 15) is 9.59 Å². The van der Waals surface area contributed by atoms with E-state index in [0.29, 0.717) is 55.3 Å². The van der Waals surface area contributed by atoms with Crippen LogP contribution in [0.3, 0.4) is 0 Å². The maximum atomic E-state index is 17.2. The molecule has 3 aliphatic rings. The van der Waals surface area contributed by atoms with E-state index in [1.165, 1.54) is 0 Å². The van der Waals surface area contributed by atoms with Crippen molar-refractivity contribution in [2.45, 2.75) is 91.0 Å². The molecule has 0 spiro atoms. The molecule has 4 aromatic rings. The lowest BCUT2D eigenvalue weighted by atomic mass is 9.94. The Balaban J connectivity index is 1.37. The molecule has 9 nitrogen and oxygen atoms in total. The third-order valence-corrected chi connectivity index (χ3v) is 9.69. The van der Waals surface area contributed by atoms with Gasteiger partial charge in [0, 0.05) is 73.6 Å². The van der Waals surface area contributed by atoms with Crippen LogP contribution in [0, 0.1) is 11.7 Å². The van der Waals surface area contributed by atoms with Crippen molar-refractivity contribution in [3.05, 3.63) is 70.7 Å². The molecule has 242 valence electrons. The minimum Gasteiger partial charge on any atom is -0.444 e. The molecular weight excluding hydrogens is 583 g/mol. The number of hydrogen-bond acceptors (Lipinski definition) is 5. The first-order valence-corrected chi connectivity index (χ1v) is 16.6. The summed E-state index contributed by atoms with van der Waals surface area (Å²) in [5.74, 6) is -0.129. The number of aromatic nitrogens is 4. The number of likely N-dealkylation sites (tertiary alicyclic amines) is 1. The van der Waals surface area contributed by atoms with Crippen molar-refractivity contribution in [3.63, 3.8) is 0 Å². The molecule has 0 N–H and O–H groups in total. The van der Waals surface area contributed by atoms with Crippen LogP contribution in [0.15, 0.2) is 36.8 Å². The highest BCUT2D eigenvalue weighted by Crippen LogP contribution is 2.43. The summed E-state index contributed by atoms with van der Waals surface area (Å²) in [5, 5.41) is 4.80. The van der Waals surface area contributed by atoms with Crippen LogP contribution >= 0.6 is 0 Å². The van der Waals surface area contributed by atoms with Crippen molar-refractivity contribution in [1.82, 2.24) is 29.1 Å². The average Bonchev–Trinajstić information content (AvgIpc) is 3.54. The molecule has 1 atom stereocenters. The van der Waals surface area contributed by atoms with Gasteiger partial charge in [-0.05, 0) is 88.1 Å². The Labute approximate surface area is 269 Å². The minimum absolute atomic E-state index is 0.129. The molecular formula is C36H43FN6O3. The number of ether oxygens (including phenoxy) is 1. The Kier molecular flexibility index (Phi) is 7.64. The predicted molar refractivity (Wildman–Crippen MR) is 174 cm³/mol. The molecule has 0 bridgehead atoms. The lowest BCUT2D eigenvalue weighted by Crippen LogP contribution is -2.42. The summed E-state index contributed by atoms with van der Waals surface area (Å²) in [6.07, 6.45) is 9.60. The number of amides is 2. The number of benzene rings is 1. The Bertz CT molecular complexity index is 1830. The Morgan fingerprint density at radius 3 is 2.59 bits per heavy atom. The summed E-state index contributed by atoms with van der Waals surface area (Å²) in [6.45, 7) is 10.3. The molecule has 3 aromatic heterocycles. The molecule has 1 aliphatic carbocycles. The number of halogens is 1. The van der Waals surface area contributed by atoms with Gasteiger partial charge < -0.3 is 19.1 Å². The van der Waals surface area contributed by atoms with Crippen LogP contribution in [0.1, 0.15) is 92.2 Å². The number of fused-ring (bicyclic) bond motifs is 2. The van der Waals surface area contributed by atoms with Crippen molar-refractivity contribution in [3.8, 4) is 11.1 Å². The van der Waals surface area contributed by atoms with Gasteiger partial charge in [0.25, 0.3) is 5.91 Å². The van der Waals surface area contributed by atoms with Gasteiger partial charge in [-0.25, -0.2) is 9.18 Å². The summed E-state index contributed by atoms with van der Waals surface area (Å²) >= 11 is 0. The fourth-order valence-corrected chi connectivity index (χ4v) is 7.22. The van der Waals surface area contributed by atoms with E-state index < -0.39 is 5.60 Å². The quantitative estimate of drug-likeness (QED) is 0.235. The zero-order valence-corrected chi connectivity index (χ0v) is 27.5. The number of piperidine rings is 1. The second-order valence-electron chi connectivity index (χ2n) is 14.2. The van der Waals surface area contributed by atoms with Gasteiger partial charge in [-0.15, -0.1) is 0 Å². The molecule has 10 heteroatoms. The van der Waals surface area contributed by atoms with Gasteiger partial charge in [-0.2, -0.15) is 5.10 Å². The maximum Gasteiger partial charge on any atom is 0.410 e. The lowest BCUT2D eigenvalue weighted by Gasteiger charge is -2.34. The number of pyridine rings is 1. The number of carbonyl (C=O) groups is 2. The number of hydrogen-bond donors (Lipinski definition) is 0. The second-order valence-corrected chi connectivity index (χ2v) is 14.2. The third-order valence-electron chi connectivity index (χ3n) is 9.69. The number of nitrogens with zero attached hydrogens (tertiary/aromatic N) is 6. The molecule has 1 aromatic carbocycles. The minimum atomic E-state index is -0.608. The molecule has 46 heavy (non-hydrogen) atoms. The third kappa shape index (κ3) is 5.56. The van der Waals surface area contributed by atoms with Crippen molar-refractivity contribution in [2.24, 2.45) is 13.0 Å². The highest BCUT2D eigenvalue weighted by Gasteiger charge is 2.36.